The molecule has 0 aliphatic carbocycles. The SMILES string of the molecule is CCC=CCCCCCCCCC(C)NCCCC. The molecule has 0 aliphatic rings. The van der Waals surface area contributed by atoms with Gasteiger partial charge in [0.2, 0.25) is 0 Å². The van der Waals surface area contributed by atoms with Crippen LogP contribution in [0.2, 0.25) is 0 Å². The summed E-state index contributed by atoms with van der Waals surface area (Å²) in [5.74, 6) is 0. The molecule has 0 aromatic rings. The fourth-order valence-corrected chi connectivity index (χ4v) is 2.33. The van der Waals surface area contributed by atoms with Gasteiger partial charge in [0.05, 0.1) is 0 Å². The molecular weight excluding hydrogens is 230 g/mol. The predicted molar refractivity (Wildman–Crippen MR) is 88.7 cm³/mol. The minimum atomic E-state index is 0.714. The van der Waals surface area contributed by atoms with Crippen LogP contribution in [0.3, 0.4) is 0 Å². The van der Waals surface area contributed by atoms with E-state index >= 15 is 0 Å². The van der Waals surface area contributed by atoms with Gasteiger partial charge in [-0.25, -0.2) is 0 Å². The molecule has 0 rings (SSSR count). The average molecular weight is 268 g/mol. The number of hydrogen-bond donors (Lipinski definition) is 1. The molecule has 1 atom stereocenters. The molecule has 0 amide bonds. The topological polar surface area (TPSA) is 12.0 Å². The highest BCUT2D eigenvalue weighted by Gasteiger charge is 1.99. The molecular formula is C18H37N. The predicted octanol–water partition coefficient (Wildman–Crippen LogP) is 5.85. The lowest BCUT2D eigenvalue weighted by molar-refractivity contribution is 0.472. The lowest BCUT2D eigenvalue weighted by Gasteiger charge is -2.13. The summed E-state index contributed by atoms with van der Waals surface area (Å²) in [6, 6.07) is 0.714. The second-order valence-corrected chi connectivity index (χ2v) is 5.79. The normalized spacial score (nSPS) is 13.2. The zero-order chi connectivity index (χ0) is 14.2. The van der Waals surface area contributed by atoms with Gasteiger partial charge in [0.1, 0.15) is 0 Å². The molecule has 114 valence electrons. The van der Waals surface area contributed by atoms with Crippen LogP contribution in [0.4, 0.5) is 0 Å². The van der Waals surface area contributed by atoms with Crippen LogP contribution in [-0.2, 0) is 0 Å². The van der Waals surface area contributed by atoms with Crippen LogP contribution in [0, 0.1) is 0 Å². The lowest BCUT2D eigenvalue weighted by Crippen LogP contribution is -2.26. The summed E-state index contributed by atoms with van der Waals surface area (Å²) in [7, 11) is 0. The van der Waals surface area contributed by atoms with Gasteiger partial charge >= 0.3 is 0 Å². The fraction of sp³-hybridized carbons (Fsp3) is 0.889. The molecule has 0 aliphatic heterocycles. The molecule has 19 heavy (non-hydrogen) atoms. The summed E-state index contributed by atoms with van der Waals surface area (Å²) in [4.78, 5) is 0. The van der Waals surface area contributed by atoms with Crippen molar-refractivity contribution in [3.05, 3.63) is 12.2 Å². The molecule has 0 radical (unpaired) electrons. The standard InChI is InChI=1S/C18H37N/c1-4-6-8-9-10-11-12-13-14-15-16-18(3)19-17-7-5-2/h6,8,18-19H,4-5,7,9-17H2,1-3H3. The summed E-state index contributed by atoms with van der Waals surface area (Å²) >= 11 is 0. The van der Waals surface area contributed by atoms with E-state index in [1.807, 2.05) is 0 Å². The third-order valence-corrected chi connectivity index (χ3v) is 3.68. The Balaban J connectivity index is 3.11. The molecule has 0 aromatic heterocycles. The van der Waals surface area contributed by atoms with Crippen LogP contribution in [0.25, 0.3) is 0 Å². The van der Waals surface area contributed by atoms with E-state index in [2.05, 4.69) is 38.2 Å². The van der Waals surface area contributed by atoms with Crippen molar-refractivity contribution in [1.29, 1.82) is 0 Å². The van der Waals surface area contributed by atoms with Crippen LogP contribution >= 0.6 is 0 Å². The first-order valence-corrected chi connectivity index (χ1v) is 8.69. The summed E-state index contributed by atoms with van der Waals surface area (Å²) in [6.45, 7) is 7.98. The second kappa shape index (κ2) is 15.8. The minimum Gasteiger partial charge on any atom is -0.314 e. The van der Waals surface area contributed by atoms with Crippen molar-refractivity contribution in [2.24, 2.45) is 0 Å². The van der Waals surface area contributed by atoms with E-state index in [0.29, 0.717) is 6.04 Å². The summed E-state index contributed by atoms with van der Waals surface area (Å²) < 4.78 is 0. The number of rotatable bonds is 14. The number of allylic oxidation sites excluding steroid dienone is 2. The van der Waals surface area contributed by atoms with Crippen molar-refractivity contribution < 1.29 is 0 Å². The Kier molecular flexibility index (Phi) is 15.5. The fourth-order valence-electron chi connectivity index (χ4n) is 2.33. The summed E-state index contributed by atoms with van der Waals surface area (Å²) in [6.07, 6.45) is 19.5. The Morgan fingerprint density at radius 2 is 1.53 bits per heavy atom. The largest absolute Gasteiger partial charge is 0.314 e. The maximum Gasteiger partial charge on any atom is 0.00387 e. The van der Waals surface area contributed by atoms with Crippen molar-refractivity contribution in [2.75, 3.05) is 6.54 Å². The highest BCUT2D eigenvalue weighted by atomic mass is 14.9. The van der Waals surface area contributed by atoms with Gasteiger partial charge in [-0.2, -0.15) is 0 Å². The molecule has 0 saturated carbocycles. The second-order valence-electron chi connectivity index (χ2n) is 5.79. The molecule has 0 bridgehead atoms. The van der Waals surface area contributed by atoms with Gasteiger partial charge in [0.15, 0.2) is 0 Å². The monoisotopic (exact) mass is 267 g/mol. The molecule has 1 heteroatoms. The van der Waals surface area contributed by atoms with E-state index in [1.165, 1.54) is 77.2 Å². The smallest absolute Gasteiger partial charge is 0.00387 e. The van der Waals surface area contributed by atoms with Gasteiger partial charge in [0, 0.05) is 6.04 Å². The summed E-state index contributed by atoms with van der Waals surface area (Å²) in [5.41, 5.74) is 0. The molecule has 0 fully saturated rings. The highest BCUT2D eigenvalue weighted by Crippen LogP contribution is 2.10. The third kappa shape index (κ3) is 15.6. The van der Waals surface area contributed by atoms with Gasteiger partial charge in [-0.3, -0.25) is 0 Å². The molecule has 1 N–H and O–H groups in total. The Morgan fingerprint density at radius 3 is 2.21 bits per heavy atom. The van der Waals surface area contributed by atoms with Crippen LogP contribution < -0.4 is 5.32 Å². The van der Waals surface area contributed by atoms with E-state index < -0.39 is 0 Å². The van der Waals surface area contributed by atoms with E-state index in [9.17, 15) is 0 Å². The maximum absolute atomic E-state index is 3.61. The molecule has 0 saturated heterocycles. The first-order chi connectivity index (χ1) is 9.31. The molecule has 0 aromatic carbocycles. The van der Waals surface area contributed by atoms with Crippen LogP contribution in [-0.4, -0.2) is 12.6 Å². The Labute approximate surface area is 122 Å². The quantitative estimate of drug-likeness (QED) is 0.307. The lowest BCUT2D eigenvalue weighted by atomic mass is 10.1. The Morgan fingerprint density at radius 1 is 0.842 bits per heavy atom. The van der Waals surface area contributed by atoms with Crippen LogP contribution in [0.1, 0.15) is 91.4 Å². The first-order valence-electron chi connectivity index (χ1n) is 8.69. The number of nitrogens with one attached hydrogen (secondary N) is 1. The number of hydrogen-bond acceptors (Lipinski definition) is 1. The van der Waals surface area contributed by atoms with Crippen molar-refractivity contribution in [2.45, 2.75) is 97.4 Å². The van der Waals surface area contributed by atoms with Crippen molar-refractivity contribution in [1.82, 2.24) is 5.32 Å². The Hall–Kier alpha value is -0.300. The van der Waals surface area contributed by atoms with Gasteiger partial charge in [-0.05, 0) is 45.6 Å². The van der Waals surface area contributed by atoms with Crippen molar-refractivity contribution in [3.8, 4) is 0 Å². The van der Waals surface area contributed by atoms with Crippen molar-refractivity contribution >= 4 is 0 Å². The Bertz CT molecular complexity index is 186. The molecule has 0 heterocycles. The first kappa shape index (κ1) is 18.7. The zero-order valence-corrected chi connectivity index (χ0v) is 13.7. The minimum absolute atomic E-state index is 0.714. The summed E-state index contributed by atoms with van der Waals surface area (Å²) in [5, 5.41) is 3.61. The van der Waals surface area contributed by atoms with Gasteiger partial charge < -0.3 is 5.32 Å². The molecule has 0 spiro atoms. The maximum atomic E-state index is 3.61. The zero-order valence-electron chi connectivity index (χ0n) is 13.7. The molecule has 1 unspecified atom stereocenters. The van der Waals surface area contributed by atoms with E-state index in [1.54, 1.807) is 0 Å². The third-order valence-electron chi connectivity index (χ3n) is 3.68. The van der Waals surface area contributed by atoms with Gasteiger partial charge in [0.25, 0.3) is 0 Å². The van der Waals surface area contributed by atoms with E-state index in [-0.39, 0.29) is 0 Å². The van der Waals surface area contributed by atoms with E-state index in [4.69, 9.17) is 0 Å². The van der Waals surface area contributed by atoms with Crippen LogP contribution in [0.5, 0.6) is 0 Å². The van der Waals surface area contributed by atoms with E-state index in [0.717, 1.165) is 0 Å². The average Bonchev–Trinajstić information content (AvgIpc) is 2.41. The van der Waals surface area contributed by atoms with Crippen LogP contribution in [0.15, 0.2) is 12.2 Å². The van der Waals surface area contributed by atoms with Gasteiger partial charge in [-0.1, -0.05) is 64.5 Å². The highest BCUT2D eigenvalue weighted by molar-refractivity contribution is 4.79. The molecule has 1 nitrogen and oxygen atoms in total. The van der Waals surface area contributed by atoms with Gasteiger partial charge in [-0.15, -0.1) is 0 Å². The van der Waals surface area contributed by atoms with Crippen molar-refractivity contribution in [3.63, 3.8) is 0 Å². The number of unbranched alkanes of at least 4 members (excludes halogenated alkanes) is 7.